The van der Waals surface area contributed by atoms with Gasteiger partial charge in [-0.05, 0) is 44.6 Å². The third-order valence-electron chi connectivity index (χ3n) is 3.80. The van der Waals surface area contributed by atoms with Crippen molar-refractivity contribution in [2.45, 2.75) is 44.6 Å². The Kier molecular flexibility index (Phi) is 4.58. The van der Waals surface area contributed by atoms with Crippen LogP contribution in [0.15, 0.2) is 0 Å². The van der Waals surface area contributed by atoms with Crippen molar-refractivity contribution >= 4 is 11.9 Å². The lowest BCUT2D eigenvalue weighted by Crippen LogP contribution is -2.43. The molecule has 0 saturated heterocycles. The van der Waals surface area contributed by atoms with E-state index in [0.29, 0.717) is 13.0 Å². The molecule has 5 nitrogen and oxygen atoms in total. The summed E-state index contributed by atoms with van der Waals surface area (Å²) in [5.41, 5.74) is 0. The van der Waals surface area contributed by atoms with E-state index in [4.69, 9.17) is 5.11 Å². The van der Waals surface area contributed by atoms with Gasteiger partial charge in [0.1, 0.15) is 0 Å². The van der Waals surface area contributed by atoms with Crippen LogP contribution < -0.4 is 10.6 Å². The van der Waals surface area contributed by atoms with E-state index in [1.807, 2.05) is 0 Å². The van der Waals surface area contributed by atoms with Gasteiger partial charge in [0, 0.05) is 6.04 Å². The van der Waals surface area contributed by atoms with E-state index in [0.717, 1.165) is 31.7 Å². The van der Waals surface area contributed by atoms with Crippen LogP contribution in [0.5, 0.6) is 0 Å². The number of carbonyl (C=O) groups is 2. The summed E-state index contributed by atoms with van der Waals surface area (Å²) in [7, 11) is 0. The predicted octanol–water partition coefficient (Wildman–Crippen LogP) is 0.746. The van der Waals surface area contributed by atoms with Gasteiger partial charge in [-0.1, -0.05) is 6.42 Å². The molecular weight excluding hydrogens is 232 g/mol. The van der Waals surface area contributed by atoms with E-state index in [-0.39, 0.29) is 17.9 Å². The maximum atomic E-state index is 11.7. The first-order valence-corrected chi connectivity index (χ1v) is 6.88. The van der Waals surface area contributed by atoms with Gasteiger partial charge >= 0.3 is 5.97 Å². The van der Waals surface area contributed by atoms with E-state index in [1.54, 1.807) is 0 Å². The van der Waals surface area contributed by atoms with Crippen molar-refractivity contribution in [2.24, 2.45) is 11.8 Å². The number of amides is 1. The Morgan fingerprint density at radius 2 is 1.94 bits per heavy atom. The molecule has 2 aliphatic rings. The molecule has 3 N–H and O–H groups in total. The quantitative estimate of drug-likeness (QED) is 0.653. The number of hydrogen-bond donors (Lipinski definition) is 3. The zero-order valence-corrected chi connectivity index (χ0v) is 10.7. The third kappa shape index (κ3) is 4.29. The van der Waals surface area contributed by atoms with Gasteiger partial charge in [0.25, 0.3) is 0 Å². The summed E-state index contributed by atoms with van der Waals surface area (Å²) in [6.45, 7) is 1.28. The van der Waals surface area contributed by atoms with Crippen LogP contribution in [0.2, 0.25) is 0 Å². The summed E-state index contributed by atoms with van der Waals surface area (Å²) in [5.74, 6) is -0.264. The van der Waals surface area contributed by atoms with Crippen LogP contribution in [0.3, 0.4) is 0 Å². The molecule has 2 fully saturated rings. The summed E-state index contributed by atoms with van der Waals surface area (Å²) in [5, 5.41) is 15.0. The van der Waals surface area contributed by atoms with Gasteiger partial charge in [0.05, 0.1) is 12.5 Å². The normalized spacial score (nSPS) is 27.8. The number of carbonyl (C=O) groups excluding carboxylic acids is 1. The topological polar surface area (TPSA) is 78.4 Å². The van der Waals surface area contributed by atoms with Gasteiger partial charge < -0.3 is 15.7 Å². The van der Waals surface area contributed by atoms with Crippen LogP contribution in [-0.4, -0.2) is 36.1 Å². The molecule has 0 heterocycles. The number of aliphatic carboxylic acids is 1. The molecule has 2 unspecified atom stereocenters. The first-order chi connectivity index (χ1) is 8.65. The number of carboxylic acid groups (broad SMARTS) is 1. The van der Waals surface area contributed by atoms with Gasteiger partial charge in [-0.25, -0.2) is 0 Å². The molecule has 18 heavy (non-hydrogen) atoms. The minimum Gasteiger partial charge on any atom is -0.481 e. The van der Waals surface area contributed by atoms with Crippen molar-refractivity contribution in [1.82, 2.24) is 10.6 Å². The van der Waals surface area contributed by atoms with Crippen LogP contribution in [0.25, 0.3) is 0 Å². The molecular formula is C13H22N2O3. The predicted molar refractivity (Wildman–Crippen MR) is 67.1 cm³/mol. The Morgan fingerprint density at radius 3 is 2.61 bits per heavy atom. The summed E-state index contributed by atoms with van der Waals surface area (Å²) >= 11 is 0. The van der Waals surface area contributed by atoms with Crippen LogP contribution in [0.4, 0.5) is 0 Å². The highest BCUT2D eigenvalue weighted by atomic mass is 16.4. The van der Waals surface area contributed by atoms with Crippen LogP contribution in [-0.2, 0) is 9.59 Å². The zero-order chi connectivity index (χ0) is 13.0. The monoisotopic (exact) mass is 254 g/mol. The SMILES string of the molecule is O=C(CNCC1CC1)NC1CCCC(C(=O)O)C1. The fourth-order valence-corrected chi connectivity index (χ4v) is 2.54. The lowest BCUT2D eigenvalue weighted by Gasteiger charge is -2.27. The van der Waals surface area contributed by atoms with Gasteiger partial charge in [-0.15, -0.1) is 0 Å². The highest BCUT2D eigenvalue weighted by molar-refractivity contribution is 5.78. The molecule has 2 saturated carbocycles. The molecule has 0 spiro atoms. The average molecular weight is 254 g/mol. The largest absolute Gasteiger partial charge is 0.481 e. The molecule has 5 heteroatoms. The Morgan fingerprint density at radius 1 is 1.17 bits per heavy atom. The standard InChI is InChI=1S/C13H22N2O3/c16-12(8-14-7-9-4-5-9)15-11-3-1-2-10(6-11)13(17)18/h9-11,14H,1-8H2,(H,15,16)(H,17,18). The first-order valence-electron chi connectivity index (χ1n) is 6.88. The van der Waals surface area contributed by atoms with Crippen LogP contribution >= 0.6 is 0 Å². The van der Waals surface area contributed by atoms with Crippen molar-refractivity contribution in [3.63, 3.8) is 0 Å². The third-order valence-corrected chi connectivity index (χ3v) is 3.80. The van der Waals surface area contributed by atoms with Gasteiger partial charge in [0.2, 0.25) is 5.91 Å². The van der Waals surface area contributed by atoms with E-state index < -0.39 is 5.97 Å². The maximum absolute atomic E-state index is 11.7. The molecule has 2 aliphatic carbocycles. The second kappa shape index (κ2) is 6.18. The Hall–Kier alpha value is -1.10. The molecule has 0 aromatic carbocycles. The molecule has 2 rings (SSSR count). The van der Waals surface area contributed by atoms with Crippen molar-refractivity contribution in [1.29, 1.82) is 0 Å². The van der Waals surface area contributed by atoms with Gasteiger partial charge in [0.15, 0.2) is 0 Å². The van der Waals surface area contributed by atoms with Crippen LogP contribution in [0.1, 0.15) is 38.5 Å². The maximum Gasteiger partial charge on any atom is 0.306 e. The van der Waals surface area contributed by atoms with Gasteiger partial charge in [-0.2, -0.15) is 0 Å². The fraction of sp³-hybridized carbons (Fsp3) is 0.846. The molecule has 0 aliphatic heterocycles. The fourth-order valence-electron chi connectivity index (χ4n) is 2.54. The zero-order valence-electron chi connectivity index (χ0n) is 10.7. The first kappa shape index (κ1) is 13.3. The Bertz CT molecular complexity index is 315. The van der Waals surface area contributed by atoms with E-state index >= 15 is 0 Å². The second-order valence-corrected chi connectivity index (χ2v) is 5.54. The van der Waals surface area contributed by atoms with Crippen molar-refractivity contribution in [3.8, 4) is 0 Å². The highest BCUT2D eigenvalue weighted by Gasteiger charge is 2.27. The summed E-state index contributed by atoms with van der Waals surface area (Å²) < 4.78 is 0. The number of rotatable bonds is 6. The van der Waals surface area contributed by atoms with Crippen LogP contribution in [0, 0.1) is 11.8 Å². The average Bonchev–Trinajstić information content (AvgIpc) is 3.13. The molecule has 2 atom stereocenters. The second-order valence-electron chi connectivity index (χ2n) is 5.54. The smallest absolute Gasteiger partial charge is 0.306 e. The number of carboxylic acids is 1. The van der Waals surface area contributed by atoms with Crippen molar-refractivity contribution < 1.29 is 14.7 Å². The lowest BCUT2D eigenvalue weighted by molar-refractivity contribution is -0.143. The van der Waals surface area contributed by atoms with Crippen molar-refractivity contribution in [2.75, 3.05) is 13.1 Å². The molecule has 102 valence electrons. The van der Waals surface area contributed by atoms with Gasteiger partial charge in [-0.3, -0.25) is 9.59 Å². The summed E-state index contributed by atoms with van der Waals surface area (Å²) in [6.07, 6.45) is 5.65. The molecule has 0 aromatic rings. The Balaban J connectivity index is 1.64. The van der Waals surface area contributed by atoms with E-state index in [1.165, 1.54) is 12.8 Å². The number of hydrogen-bond acceptors (Lipinski definition) is 3. The van der Waals surface area contributed by atoms with Crippen molar-refractivity contribution in [3.05, 3.63) is 0 Å². The number of nitrogens with one attached hydrogen (secondary N) is 2. The summed E-state index contributed by atoms with van der Waals surface area (Å²) in [6, 6.07) is 0.0371. The molecule has 0 bridgehead atoms. The molecule has 1 amide bonds. The van der Waals surface area contributed by atoms with E-state index in [2.05, 4.69) is 10.6 Å². The highest BCUT2D eigenvalue weighted by Crippen LogP contribution is 2.27. The molecule has 0 radical (unpaired) electrons. The lowest BCUT2D eigenvalue weighted by atomic mass is 9.86. The molecule has 0 aromatic heterocycles. The van der Waals surface area contributed by atoms with E-state index in [9.17, 15) is 9.59 Å². The minimum atomic E-state index is -0.735. The minimum absolute atomic E-state index is 0.00770. The Labute approximate surface area is 107 Å². The summed E-state index contributed by atoms with van der Waals surface area (Å²) in [4.78, 5) is 22.6.